The zero-order chi connectivity index (χ0) is 23.8. The second-order valence-electron chi connectivity index (χ2n) is 7.67. The van der Waals surface area contributed by atoms with Gasteiger partial charge in [-0.25, -0.2) is 13.1 Å². The third-order valence-electron chi connectivity index (χ3n) is 5.33. The quantitative estimate of drug-likeness (QED) is 0.441. The van der Waals surface area contributed by atoms with Gasteiger partial charge < -0.3 is 9.30 Å². The first-order chi connectivity index (χ1) is 15.7. The lowest BCUT2D eigenvalue weighted by Crippen LogP contribution is -2.28. The molecule has 4 rings (SSSR count). The van der Waals surface area contributed by atoms with Gasteiger partial charge in [0.05, 0.1) is 23.2 Å². The highest BCUT2D eigenvalue weighted by atomic mass is 32.2. The molecule has 4 aromatic rings. The zero-order valence-electron chi connectivity index (χ0n) is 18.7. The van der Waals surface area contributed by atoms with Crippen LogP contribution >= 0.6 is 0 Å². The molecule has 1 amide bonds. The minimum Gasteiger partial charge on any atom is -0.497 e. The molecule has 0 fully saturated rings. The van der Waals surface area contributed by atoms with Gasteiger partial charge in [-0.1, -0.05) is 17.7 Å². The summed E-state index contributed by atoms with van der Waals surface area (Å²) in [6.07, 6.45) is 4.69. The Bertz CT molecular complexity index is 1480. The van der Waals surface area contributed by atoms with Crippen LogP contribution in [-0.2, 0) is 21.9 Å². The van der Waals surface area contributed by atoms with Gasteiger partial charge >= 0.3 is 0 Å². The molecule has 0 saturated carbocycles. The molecule has 0 bridgehead atoms. The average molecular weight is 465 g/mol. The summed E-state index contributed by atoms with van der Waals surface area (Å²) in [5.41, 5.74) is 3.23. The molecule has 9 heteroatoms. The van der Waals surface area contributed by atoms with E-state index in [-0.39, 0.29) is 4.90 Å². The van der Waals surface area contributed by atoms with Crippen LogP contribution < -0.4 is 9.46 Å². The smallest absolute Gasteiger partial charge is 0.264 e. The summed E-state index contributed by atoms with van der Waals surface area (Å²) in [5, 5.41) is 5.51. The summed E-state index contributed by atoms with van der Waals surface area (Å²) in [6.45, 7) is 3.69. The molecule has 0 saturated heterocycles. The van der Waals surface area contributed by atoms with Crippen molar-refractivity contribution in [3.05, 3.63) is 77.6 Å². The minimum atomic E-state index is -3.97. The SMILES string of the molecule is COc1ccc2ccn(-c3c(C=CC(=O)NS(=O)(=O)c4ccc(C)cc4)c(C)nn3C)c2c1. The summed E-state index contributed by atoms with van der Waals surface area (Å²) in [4.78, 5) is 12.5. The van der Waals surface area contributed by atoms with Crippen molar-refractivity contribution in [2.75, 3.05) is 7.11 Å². The van der Waals surface area contributed by atoms with E-state index in [4.69, 9.17) is 4.74 Å². The molecule has 2 heterocycles. The molecule has 0 aliphatic carbocycles. The van der Waals surface area contributed by atoms with Crippen LogP contribution in [0.15, 0.2) is 65.7 Å². The number of hydrogen-bond acceptors (Lipinski definition) is 5. The van der Waals surface area contributed by atoms with Crippen molar-refractivity contribution in [2.45, 2.75) is 18.7 Å². The fraction of sp³-hybridized carbons (Fsp3) is 0.167. The van der Waals surface area contributed by atoms with Crippen LogP contribution in [-0.4, -0.2) is 35.8 Å². The van der Waals surface area contributed by atoms with E-state index in [2.05, 4.69) is 9.82 Å². The number of methoxy groups -OCH3 is 1. The van der Waals surface area contributed by atoms with E-state index in [0.29, 0.717) is 11.3 Å². The van der Waals surface area contributed by atoms with E-state index in [1.165, 1.54) is 18.2 Å². The van der Waals surface area contributed by atoms with E-state index < -0.39 is 15.9 Å². The molecule has 0 aliphatic rings. The Morgan fingerprint density at radius 1 is 1.09 bits per heavy atom. The van der Waals surface area contributed by atoms with Crippen molar-refractivity contribution >= 4 is 32.9 Å². The molecule has 0 radical (unpaired) electrons. The Hall–Kier alpha value is -3.85. The maximum atomic E-state index is 12.5. The van der Waals surface area contributed by atoms with Crippen LogP contribution in [0, 0.1) is 13.8 Å². The zero-order valence-corrected chi connectivity index (χ0v) is 19.6. The van der Waals surface area contributed by atoms with Gasteiger partial charge in [0.1, 0.15) is 11.6 Å². The minimum absolute atomic E-state index is 0.0286. The maximum absolute atomic E-state index is 12.5. The molecule has 0 atom stereocenters. The fourth-order valence-corrected chi connectivity index (χ4v) is 4.61. The number of amides is 1. The van der Waals surface area contributed by atoms with Gasteiger partial charge in [-0.15, -0.1) is 0 Å². The number of nitrogens with zero attached hydrogens (tertiary/aromatic N) is 3. The fourth-order valence-electron chi connectivity index (χ4n) is 3.66. The number of sulfonamides is 1. The van der Waals surface area contributed by atoms with Gasteiger partial charge in [0.15, 0.2) is 0 Å². The van der Waals surface area contributed by atoms with Gasteiger partial charge in [0, 0.05) is 36.3 Å². The van der Waals surface area contributed by atoms with Crippen molar-refractivity contribution in [2.24, 2.45) is 7.05 Å². The lowest BCUT2D eigenvalue weighted by Gasteiger charge is -2.09. The first-order valence-corrected chi connectivity index (χ1v) is 11.7. The molecule has 0 aliphatic heterocycles. The highest BCUT2D eigenvalue weighted by Crippen LogP contribution is 2.28. The number of carbonyl (C=O) groups is 1. The van der Waals surface area contributed by atoms with E-state index >= 15 is 0 Å². The summed E-state index contributed by atoms with van der Waals surface area (Å²) in [6, 6.07) is 14.0. The van der Waals surface area contributed by atoms with E-state index in [9.17, 15) is 13.2 Å². The number of benzene rings is 2. The lowest BCUT2D eigenvalue weighted by molar-refractivity contribution is -0.114. The van der Waals surface area contributed by atoms with Crippen molar-refractivity contribution in [1.29, 1.82) is 0 Å². The van der Waals surface area contributed by atoms with Crippen LogP contribution in [0.5, 0.6) is 5.75 Å². The largest absolute Gasteiger partial charge is 0.497 e. The normalized spacial score (nSPS) is 11.9. The highest BCUT2D eigenvalue weighted by Gasteiger charge is 2.18. The van der Waals surface area contributed by atoms with Gasteiger partial charge in [0.25, 0.3) is 15.9 Å². The Morgan fingerprint density at radius 3 is 2.52 bits per heavy atom. The van der Waals surface area contributed by atoms with Crippen molar-refractivity contribution in [3.8, 4) is 11.6 Å². The Morgan fingerprint density at radius 2 is 1.82 bits per heavy atom. The Kier molecular flexibility index (Phi) is 5.82. The summed E-state index contributed by atoms with van der Waals surface area (Å²) in [5.74, 6) is 0.712. The van der Waals surface area contributed by atoms with Gasteiger partial charge in [-0.2, -0.15) is 5.10 Å². The number of aromatic nitrogens is 3. The number of nitrogens with one attached hydrogen (secondary N) is 1. The average Bonchev–Trinajstić information content (AvgIpc) is 3.30. The van der Waals surface area contributed by atoms with E-state index in [0.717, 1.165) is 28.0 Å². The third-order valence-corrected chi connectivity index (χ3v) is 6.70. The maximum Gasteiger partial charge on any atom is 0.264 e. The first-order valence-electron chi connectivity index (χ1n) is 10.2. The van der Waals surface area contributed by atoms with Gasteiger partial charge in [-0.05, 0) is 50.3 Å². The number of ether oxygens (including phenoxy) is 1. The predicted molar refractivity (Wildman–Crippen MR) is 127 cm³/mol. The summed E-state index contributed by atoms with van der Waals surface area (Å²) < 4.78 is 36.1. The number of aryl methyl sites for hydroxylation is 3. The first kappa shape index (κ1) is 22.3. The van der Waals surface area contributed by atoms with Crippen LogP contribution in [0.3, 0.4) is 0 Å². The number of carbonyl (C=O) groups excluding carboxylic acids is 1. The topological polar surface area (TPSA) is 95.2 Å². The number of rotatable bonds is 6. The van der Waals surface area contributed by atoms with Crippen molar-refractivity contribution < 1.29 is 17.9 Å². The molecule has 2 aromatic carbocycles. The Labute approximate surface area is 192 Å². The number of hydrogen-bond donors (Lipinski definition) is 1. The standard InChI is InChI=1S/C24H24N4O4S/c1-16-5-9-20(10-6-16)33(30,31)26-23(29)12-11-21-17(2)25-27(3)24(21)28-14-13-18-7-8-19(32-4)15-22(18)28/h5-15H,1-4H3,(H,26,29). The molecule has 2 aromatic heterocycles. The Balaban J connectivity index is 1.66. The molecule has 0 spiro atoms. The summed E-state index contributed by atoms with van der Waals surface area (Å²) >= 11 is 0. The predicted octanol–water partition coefficient (Wildman–Crippen LogP) is 3.51. The van der Waals surface area contributed by atoms with E-state index in [1.807, 2.05) is 55.9 Å². The second kappa shape index (κ2) is 8.59. The molecular weight excluding hydrogens is 440 g/mol. The molecule has 1 N–H and O–H groups in total. The number of fused-ring (bicyclic) bond motifs is 1. The van der Waals surface area contributed by atoms with Crippen molar-refractivity contribution in [1.82, 2.24) is 19.1 Å². The van der Waals surface area contributed by atoms with Gasteiger partial charge in [0.2, 0.25) is 0 Å². The van der Waals surface area contributed by atoms with Crippen LogP contribution in [0.25, 0.3) is 22.8 Å². The van der Waals surface area contributed by atoms with Crippen LogP contribution in [0.2, 0.25) is 0 Å². The summed E-state index contributed by atoms with van der Waals surface area (Å²) in [7, 11) is -0.542. The van der Waals surface area contributed by atoms with E-state index in [1.54, 1.807) is 30.0 Å². The van der Waals surface area contributed by atoms with Crippen molar-refractivity contribution in [3.63, 3.8) is 0 Å². The molecule has 8 nitrogen and oxygen atoms in total. The molecule has 0 unspecified atom stereocenters. The van der Waals surface area contributed by atoms with Crippen LogP contribution in [0.1, 0.15) is 16.8 Å². The molecule has 33 heavy (non-hydrogen) atoms. The van der Waals surface area contributed by atoms with Crippen LogP contribution in [0.4, 0.5) is 0 Å². The molecular formula is C24H24N4O4S. The third kappa shape index (κ3) is 4.40. The molecule has 170 valence electrons. The second-order valence-corrected chi connectivity index (χ2v) is 9.36. The highest BCUT2D eigenvalue weighted by molar-refractivity contribution is 7.90. The van der Waals surface area contributed by atoms with Gasteiger partial charge in [-0.3, -0.25) is 9.48 Å². The monoisotopic (exact) mass is 464 g/mol. The lowest BCUT2D eigenvalue weighted by atomic mass is 10.2.